The second-order valence-corrected chi connectivity index (χ2v) is 16.8. The number of fused-ring (bicyclic) bond motifs is 15. The lowest BCUT2D eigenvalue weighted by Gasteiger charge is -2.28. The van der Waals surface area contributed by atoms with Crippen molar-refractivity contribution in [1.82, 2.24) is 9.13 Å². The van der Waals surface area contributed by atoms with Crippen molar-refractivity contribution < 1.29 is 4.42 Å². The molecule has 0 amide bonds. The maximum atomic E-state index is 6.89. The minimum atomic E-state index is 0.849. The van der Waals surface area contributed by atoms with Crippen molar-refractivity contribution >= 4 is 115 Å². The smallest absolute Gasteiger partial charge is 0.159 e. The molecule has 0 unspecified atom stereocenters. The fourth-order valence-corrected chi connectivity index (χ4v) is 10.8. The summed E-state index contributed by atoms with van der Waals surface area (Å²) >= 11 is 0. The minimum Gasteiger partial charge on any atom is -0.454 e. The first-order valence-corrected chi connectivity index (χ1v) is 21.9. The number of nitrogens with zero attached hydrogens (tertiary/aromatic N) is 3. The summed E-state index contributed by atoms with van der Waals surface area (Å²) in [5, 5.41) is 14.4. The molecule has 0 saturated carbocycles. The molecule has 0 fully saturated rings. The molecule has 3 heterocycles. The van der Waals surface area contributed by atoms with Gasteiger partial charge in [-0.2, -0.15) is 0 Å². The summed E-state index contributed by atoms with van der Waals surface area (Å²) in [5.74, 6) is 0. The zero-order valence-corrected chi connectivity index (χ0v) is 34.6. The summed E-state index contributed by atoms with van der Waals surface area (Å²) in [5.41, 5.74) is 11.7. The van der Waals surface area contributed by atoms with E-state index in [1.165, 1.54) is 64.9 Å². The Bertz CT molecular complexity index is 4170. The molecule has 0 bridgehead atoms. The van der Waals surface area contributed by atoms with Crippen LogP contribution in [0, 0.1) is 0 Å². The number of aromatic nitrogens is 2. The maximum absolute atomic E-state index is 6.89. The minimum absolute atomic E-state index is 0.849. The third-order valence-corrected chi connectivity index (χ3v) is 13.5. The number of benzene rings is 11. The summed E-state index contributed by atoms with van der Waals surface area (Å²) < 4.78 is 11.7. The van der Waals surface area contributed by atoms with E-state index >= 15 is 0 Å². The molecular formula is C60H37N3O. The summed E-state index contributed by atoms with van der Waals surface area (Å²) in [4.78, 5) is 2.44. The molecule has 14 rings (SSSR count). The molecule has 4 nitrogen and oxygen atoms in total. The third kappa shape index (κ3) is 4.93. The van der Waals surface area contributed by atoms with Crippen LogP contribution < -0.4 is 4.90 Å². The first kappa shape index (κ1) is 35.0. The molecule has 11 aromatic carbocycles. The Balaban J connectivity index is 1.10. The molecule has 0 atom stereocenters. The van der Waals surface area contributed by atoms with E-state index in [-0.39, 0.29) is 0 Å². The van der Waals surface area contributed by atoms with Crippen LogP contribution in [0.4, 0.5) is 17.1 Å². The average Bonchev–Trinajstić information content (AvgIpc) is 4.03. The molecule has 0 aliphatic rings. The number of hydrogen-bond donors (Lipinski definition) is 0. The van der Waals surface area contributed by atoms with E-state index in [9.17, 15) is 0 Å². The lowest BCUT2D eigenvalue weighted by molar-refractivity contribution is 0.669. The largest absolute Gasteiger partial charge is 0.454 e. The van der Waals surface area contributed by atoms with Gasteiger partial charge in [-0.15, -0.1) is 0 Å². The van der Waals surface area contributed by atoms with Gasteiger partial charge < -0.3 is 18.5 Å². The zero-order chi connectivity index (χ0) is 41.9. The number of anilines is 3. The van der Waals surface area contributed by atoms with Crippen LogP contribution in [0.5, 0.6) is 0 Å². The van der Waals surface area contributed by atoms with E-state index in [1.807, 2.05) is 6.07 Å². The van der Waals surface area contributed by atoms with Crippen LogP contribution >= 0.6 is 0 Å². The topological polar surface area (TPSA) is 26.2 Å². The molecule has 0 aliphatic heterocycles. The highest BCUT2D eigenvalue weighted by atomic mass is 16.3. The van der Waals surface area contributed by atoms with Crippen LogP contribution in [0.1, 0.15) is 0 Å². The molecule has 3 aromatic heterocycles. The van der Waals surface area contributed by atoms with E-state index in [2.05, 4.69) is 232 Å². The maximum Gasteiger partial charge on any atom is 0.159 e. The van der Waals surface area contributed by atoms with Gasteiger partial charge in [-0.05, 0) is 105 Å². The predicted octanol–water partition coefficient (Wildman–Crippen LogP) is 16.7. The van der Waals surface area contributed by atoms with Crippen LogP contribution in [0.2, 0.25) is 0 Å². The Morgan fingerprint density at radius 1 is 0.297 bits per heavy atom. The van der Waals surface area contributed by atoms with Crippen LogP contribution in [0.15, 0.2) is 229 Å². The fraction of sp³-hybridized carbons (Fsp3) is 0. The summed E-state index contributed by atoms with van der Waals surface area (Å²) in [6.07, 6.45) is 0. The van der Waals surface area contributed by atoms with Gasteiger partial charge in [0.25, 0.3) is 0 Å². The highest BCUT2D eigenvalue weighted by Gasteiger charge is 2.26. The molecular weight excluding hydrogens is 779 g/mol. The van der Waals surface area contributed by atoms with Crippen molar-refractivity contribution in [2.24, 2.45) is 0 Å². The second-order valence-electron chi connectivity index (χ2n) is 16.8. The molecule has 0 spiro atoms. The summed E-state index contributed by atoms with van der Waals surface area (Å²) in [7, 11) is 0. The van der Waals surface area contributed by atoms with Crippen LogP contribution in [0.3, 0.4) is 0 Å². The van der Waals surface area contributed by atoms with Crippen molar-refractivity contribution in [3.05, 3.63) is 224 Å². The van der Waals surface area contributed by atoms with Gasteiger partial charge in [0.15, 0.2) is 5.58 Å². The van der Waals surface area contributed by atoms with E-state index in [4.69, 9.17) is 4.42 Å². The average molecular weight is 816 g/mol. The van der Waals surface area contributed by atoms with Gasteiger partial charge in [-0.3, -0.25) is 0 Å². The summed E-state index contributed by atoms with van der Waals surface area (Å²) in [6.45, 7) is 0. The standard InChI is InChI=1S/C60H37N3O/c1-2-16-38(17-3-1)61-53-27-11-9-23-47(53)52-37-40(33-35-55(52)61)63-54-28-12-8-22-46(54)49-25-14-29-56(59(49)63)62(57-30-15-26-50-48-24-10-13-31-58(48)64-60(50)57)39-32-34-45-43-20-5-4-18-41(43)42-19-6-7-21-44(42)51(45)36-39/h1-37H. The molecule has 14 aromatic rings. The fourth-order valence-electron chi connectivity index (χ4n) is 10.8. The highest BCUT2D eigenvalue weighted by Crippen LogP contribution is 2.48. The van der Waals surface area contributed by atoms with E-state index in [1.54, 1.807) is 0 Å². The van der Waals surface area contributed by atoms with Gasteiger partial charge in [0.1, 0.15) is 5.58 Å². The van der Waals surface area contributed by atoms with Crippen molar-refractivity contribution in [1.29, 1.82) is 0 Å². The number of rotatable bonds is 5. The molecule has 64 heavy (non-hydrogen) atoms. The highest BCUT2D eigenvalue weighted by molar-refractivity contribution is 6.26. The number of hydrogen-bond acceptors (Lipinski definition) is 2. The third-order valence-electron chi connectivity index (χ3n) is 13.5. The second kappa shape index (κ2) is 13.4. The van der Waals surface area contributed by atoms with Gasteiger partial charge in [-0.1, -0.05) is 152 Å². The van der Waals surface area contributed by atoms with E-state index in [0.717, 1.165) is 61.4 Å². The quantitative estimate of drug-likeness (QED) is 0.162. The Morgan fingerprint density at radius 3 is 1.56 bits per heavy atom. The normalized spacial score (nSPS) is 12.1. The van der Waals surface area contributed by atoms with Crippen LogP contribution in [0.25, 0.3) is 109 Å². The van der Waals surface area contributed by atoms with Gasteiger partial charge in [0, 0.05) is 49.4 Å². The van der Waals surface area contributed by atoms with E-state index < -0.39 is 0 Å². The predicted molar refractivity (Wildman–Crippen MR) is 270 cm³/mol. The molecule has 0 saturated heterocycles. The van der Waals surface area contributed by atoms with Gasteiger partial charge >= 0.3 is 0 Å². The monoisotopic (exact) mass is 815 g/mol. The first-order chi connectivity index (χ1) is 31.8. The van der Waals surface area contributed by atoms with Crippen LogP contribution in [-0.4, -0.2) is 9.13 Å². The Labute approximate surface area is 367 Å². The van der Waals surface area contributed by atoms with Gasteiger partial charge in [0.2, 0.25) is 0 Å². The van der Waals surface area contributed by atoms with Crippen molar-refractivity contribution in [3.63, 3.8) is 0 Å². The molecule has 298 valence electrons. The number of para-hydroxylation sites is 6. The van der Waals surface area contributed by atoms with Crippen LogP contribution in [-0.2, 0) is 0 Å². The zero-order valence-electron chi connectivity index (χ0n) is 34.6. The van der Waals surface area contributed by atoms with E-state index in [0.29, 0.717) is 0 Å². The Hall–Kier alpha value is -8.60. The molecule has 0 radical (unpaired) electrons. The van der Waals surface area contributed by atoms with Gasteiger partial charge in [-0.25, -0.2) is 0 Å². The lowest BCUT2D eigenvalue weighted by atomic mass is 9.94. The first-order valence-electron chi connectivity index (χ1n) is 21.9. The SMILES string of the molecule is c1ccc(-n2c3ccccc3c3cc(-n4c5ccccc5c5cccc(N(c6ccc7c8ccccc8c8ccccc8c7c6)c6cccc7c6oc6ccccc67)c54)ccc32)cc1. The summed E-state index contributed by atoms with van der Waals surface area (Å²) in [6, 6.07) is 81.6. The Morgan fingerprint density at radius 2 is 0.828 bits per heavy atom. The lowest BCUT2D eigenvalue weighted by Crippen LogP contribution is -2.12. The molecule has 4 heteroatoms. The van der Waals surface area contributed by atoms with Crippen molar-refractivity contribution in [2.75, 3.05) is 4.90 Å². The Kier molecular flexibility index (Phi) is 7.36. The molecule has 0 aliphatic carbocycles. The van der Waals surface area contributed by atoms with Crippen molar-refractivity contribution in [2.45, 2.75) is 0 Å². The van der Waals surface area contributed by atoms with Crippen molar-refractivity contribution in [3.8, 4) is 11.4 Å². The number of furan rings is 1. The van der Waals surface area contributed by atoms with Gasteiger partial charge in [0.05, 0.1) is 33.4 Å². The molecule has 0 N–H and O–H groups in total.